The van der Waals surface area contributed by atoms with Crippen LogP contribution in [0.1, 0.15) is 74.7 Å². The molecule has 0 saturated heterocycles. The Morgan fingerprint density at radius 1 is 1.16 bits per heavy atom. The topological polar surface area (TPSA) is 73.8 Å². The Morgan fingerprint density at radius 3 is 2.42 bits per heavy atom. The van der Waals surface area contributed by atoms with Crippen LogP contribution in [-0.4, -0.2) is 20.9 Å². The van der Waals surface area contributed by atoms with E-state index in [4.69, 9.17) is 5.73 Å². The van der Waals surface area contributed by atoms with Crippen LogP contribution in [0.25, 0.3) is 0 Å². The Balaban J connectivity index is 1.93. The van der Waals surface area contributed by atoms with Crippen molar-refractivity contribution < 1.29 is 4.79 Å². The minimum absolute atomic E-state index is 0.235. The SMILES string of the molecule is NC(=O)Cc1nnn(C2CCCC2)c1C1CCCC1. The van der Waals surface area contributed by atoms with Gasteiger partial charge >= 0.3 is 0 Å². The van der Waals surface area contributed by atoms with Gasteiger partial charge in [-0.15, -0.1) is 5.10 Å². The van der Waals surface area contributed by atoms with E-state index < -0.39 is 0 Å². The standard InChI is InChI=1S/C14H22N4O/c15-13(19)9-12-14(10-5-1-2-6-10)18(17-16-12)11-7-3-4-8-11/h10-11H,1-9H2,(H2,15,19). The second-order valence-corrected chi connectivity index (χ2v) is 5.93. The van der Waals surface area contributed by atoms with Crippen LogP contribution in [-0.2, 0) is 11.2 Å². The fraction of sp³-hybridized carbons (Fsp3) is 0.786. The number of carbonyl (C=O) groups excluding carboxylic acids is 1. The van der Waals surface area contributed by atoms with Gasteiger partial charge in [0.2, 0.25) is 5.91 Å². The Bertz CT molecular complexity index is 456. The molecule has 0 aromatic carbocycles. The van der Waals surface area contributed by atoms with Crippen molar-refractivity contribution in [2.24, 2.45) is 5.73 Å². The molecule has 2 saturated carbocycles. The van der Waals surface area contributed by atoms with Crippen LogP contribution in [0.5, 0.6) is 0 Å². The first-order chi connectivity index (χ1) is 9.25. The smallest absolute Gasteiger partial charge is 0.223 e. The minimum atomic E-state index is -0.308. The number of aromatic nitrogens is 3. The quantitative estimate of drug-likeness (QED) is 0.902. The van der Waals surface area contributed by atoms with E-state index in [2.05, 4.69) is 15.0 Å². The number of rotatable bonds is 4. The van der Waals surface area contributed by atoms with Crippen molar-refractivity contribution in [1.29, 1.82) is 0 Å². The van der Waals surface area contributed by atoms with E-state index in [1.54, 1.807) is 0 Å². The van der Waals surface area contributed by atoms with Gasteiger partial charge in [-0.2, -0.15) is 0 Å². The number of hydrogen-bond donors (Lipinski definition) is 1. The van der Waals surface area contributed by atoms with E-state index in [0.29, 0.717) is 12.0 Å². The third kappa shape index (κ3) is 2.51. The summed E-state index contributed by atoms with van der Waals surface area (Å²) in [4.78, 5) is 11.2. The van der Waals surface area contributed by atoms with E-state index >= 15 is 0 Å². The highest BCUT2D eigenvalue weighted by molar-refractivity contribution is 5.76. The molecule has 1 aromatic rings. The van der Waals surface area contributed by atoms with Crippen molar-refractivity contribution in [3.05, 3.63) is 11.4 Å². The lowest BCUT2D eigenvalue weighted by Crippen LogP contribution is -2.18. The molecule has 3 rings (SSSR count). The van der Waals surface area contributed by atoms with Gasteiger partial charge in [0.15, 0.2) is 0 Å². The average molecular weight is 262 g/mol. The monoisotopic (exact) mass is 262 g/mol. The van der Waals surface area contributed by atoms with Crippen LogP contribution >= 0.6 is 0 Å². The maximum absolute atomic E-state index is 11.2. The number of primary amides is 1. The molecule has 1 amide bonds. The third-order valence-corrected chi connectivity index (χ3v) is 4.56. The third-order valence-electron chi connectivity index (χ3n) is 4.56. The zero-order valence-electron chi connectivity index (χ0n) is 11.3. The predicted molar refractivity (Wildman–Crippen MR) is 71.6 cm³/mol. The Hall–Kier alpha value is -1.39. The summed E-state index contributed by atoms with van der Waals surface area (Å²) >= 11 is 0. The van der Waals surface area contributed by atoms with Crippen LogP contribution in [0.3, 0.4) is 0 Å². The maximum atomic E-state index is 11.2. The van der Waals surface area contributed by atoms with E-state index in [1.807, 2.05) is 0 Å². The summed E-state index contributed by atoms with van der Waals surface area (Å²) in [6, 6.07) is 0.490. The van der Waals surface area contributed by atoms with E-state index in [1.165, 1.54) is 57.1 Å². The highest BCUT2D eigenvalue weighted by atomic mass is 16.1. The summed E-state index contributed by atoms with van der Waals surface area (Å²) in [7, 11) is 0. The summed E-state index contributed by atoms with van der Waals surface area (Å²) in [5.74, 6) is 0.225. The van der Waals surface area contributed by atoms with Crippen molar-refractivity contribution in [3.63, 3.8) is 0 Å². The van der Waals surface area contributed by atoms with Gasteiger partial charge in [0, 0.05) is 5.92 Å². The molecule has 2 N–H and O–H groups in total. The Morgan fingerprint density at radius 2 is 1.79 bits per heavy atom. The van der Waals surface area contributed by atoms with Gasteiger partial charge in [0.25, 0.3) is 0 Å². The summed E-state index contributed by atoms with van der Waals surface area (Å²) in [6.45, 7) is 0. The van der Waals surface area contributed by atoms with E-state index in [9.17, 15) is 4.79 Å². The van der Waals surface area contributed by atoms with Gasteiger partial charge < -0.3 is 5.73 Å². The largest absolute Gasteiger partial charge is 0.369 e. The number of amides is 1. The molecule has 0 bridgehead atoms. The van der Waals surface area contributed by atoms with Gasteiger partial charge in [-0.1, -0.05) is 30.9 Å². The molecule has 0 radical (unpaired) electrons. The zero-order chi connectivity index (χ0) is 13.2. The minimum Gasteiger partial charge on any atom is -0.369 e. The molecule has 0 aliphatic heterocycles. The van der Waals surface area contributed by atoms with Crippen molar-refractivity contribution in [2.45, 2.75) is 69.7 Å². The summed E-state index contributed by atoms with van der Waals surface area (Å²) < 4.78 is 2.13. The predicted octanol–water partition coefficient (Wildman–Crippen LogP) is 2.08. The highest BCUT2D eigenvalue weighted by Gasteiger charge is 2.30. The lowest BCUT2D eigenvalue weighted by Gasteiger charge is -2.18. The highest BCUT2D eigenvalue weighted by Crippen LogP contribution is 2.39. The van der Waals surface area contributed by atoms with Crippen molar-refractivity contribution in [2.75, 3.05) is 0 Å². The molecule has 0 spiro atoms. The maximum Gasteiger partial charge on any atom is 0.223 e. The molecule has 0 atom stereocenters. The fourth-order valence-corrected chi connectivity index (χ4v) is 3.67. The number of hydrogen-bond acceptors (Lipinski definition) is 3. The molecule has 1 aromatic heterocycles. The lowest BCUT2D eigenvalue weighted by atomic mass is 9.99. The second-order valence-electron chi connectivity index (χ2n) is 5.93. The molecule has 19 heavy (non-hydrogen) atoms. The zero-order valence-corrected chi connectivity index (χ0v) is 11.3. The molecular weight excluding hydrogens is 240 g/mol. The molecule has 5 nitrogen and oxygen atoms in total. The van der Waals surface area contributed by atoms with Gasteiger partial charge in [-0.3, -0.25) is 4.79 Å². The molecule has 1 heterocycles. The van der Waals surface area contributed by atoms with Gasteiger partial charge in [-0.25, -0.2) is 4.68 Å². The Labute approximate surface area is 113 Å². The van der Waals surface area contributed by atoms with Crippen LogP contribution in [0.4, 0.5) is 0 Å². The number of carbonyl (C=O) groups is 1. The number of nitrogens with zero attached hydrogens (tertiary/aromatic N) is 3. The molecule has 2 aliphatic rings. The van der Waals surface area contributed by atoms with Crippen LogP contribution in [0.15, 0.2) is 0 Å². The first kappa shape index (κ1) is 12.6. The van der Waals surface area contributed by atoms with E-state index in [0.717, 1.165) is 5.69 Å². The number of nitrogens with two attached hydrogens (primary N) is 1. The molecule has 5 heteroatoms. The van der Waals surface area contributed by atoms with Gasteiger partial charge in [0.1, 0.15) is 0 Å². The first-order valence-corrected chi connectivity index (χ1v) is 7.48. The summed E-state index contributed by atoms with van der Waals surface area (Å²) in [5, 5.41) is 8.61. The summed E-state index contributed by atoms with van der Waals surface area (Å²) in [6.07, 6.45) is 10.1. The molecule has 2 fully saturated rings. The van der Waals surface area contributed by atoms with Crippen LogP contribution in [0.2, 0.25) is 0 Å². The lowest BCUT2D eigenvalue weighted by molar-refractivity contribution is -0.117. The van der Waals surface area contributed by atoms with Gasteiger partial charge in [0.05, 0.1) is 23.9 Å². The fourth-order valence-electron chi connectivity index (χ4n) is 3.67. The van der Waals surface area contributed by atoms with E-state index in [-0.39, 0.29) is 12.3 Å². The van der Waals surface area contributed by atoms with Gasteiger partial charge in [-0.05, 0) is 25.7 Å². The molecule has 2 aliphatic carbocycles. The summed E-state index contributed by atoms with van der Waals surface area (Å²) in [5.41, 5.74) is 7.38. The average Bonchev–Trinajstić information content (AvgIpc) is 3.08. The van der Waals surface area contributed by atoms with Crippen LogP contribution in [0, 0.1) is 0 Å². The normalized spacial score (nSPS) is 21.3. The van der Waals surface area contributed by atoms with Crippen LogP contribution < -0.4 is 5.73 Å². The molecule has 0 unspecified atom stereocenters. The second kappa shape index (κ2) is 5.31. The molecular formula is C14H22N4O. The van der Waals surface area contributed by atoms with Crippen molar-refractivity contribution in [3.8, 4) is 0 Å². The molecule has 104 valence electrons. The first-order valence-electron chi connectivity index (χ1n) is 7.48. The van der Waals surface area contributed by atoms with Crippen molar-refractivity contribution in [1.82, 2.24) is 15.0 Å². The van der Waals surface area contributed by atoms with Crippen molar-refractivity contribution >= 4 is 5.91 Å². The Kier molecular flexibility index (Phi) is 3.53.